The SMILES string of the molecule is CCCOc1cccc(Nc2cccc(COC)c2)c1N. The maximum atomic E-state index is 6.16. The molecule has 0 radical (unpaired) electrons. The first-order valence-electron chi connectivity index (χ1n) is 7.10. The number of anilines is 3. The summed E-state index contributed by atoms with van der Waals surface area (Å²) >= 11 is 0. The molecule has 0 atom stereocenters. The molecule has 0 bridgehead atoms. The van der Waals surface area contributed by atoms with Crippen molar-refractivity contribution >= 4 is 17.1 Å². The van der Waals surface area contributed by atoms with Gasteiger partial charge in [-0.05, 0) is 36.2 Å². The Labute approximate surface area is 125 Å². The number of para-hydroxylation sites is 1. The van der Waals surface area contributed by atoms with Gasteiger partial charge in [0.15, 0.2) is 0 Å². The lowest BCUT2D eigenvalue weighted by Gasteiger charge is -2.14. The quantitative estimate of drug-likeness (QED) is 0.757. The van der Waals surface area contributed by atoms with Crippen molar-refractivity contribution in [3.63, 3.8) is 0 Å². The molecule has 21 heavy (non-hydrogen) atoms. The Balaban J connectivity index is 2.17. The summed E-state index contributed by atoms with van der Waals surface area (Å²) in [4.78, 5) is 0. The molecule has 112 valence electrons. The molecule has 0 aliphatic rings. The van der Waals surface area contributed by atoms with Crippen LogP contribution in [0.25, 0.3) is 0 Å². The van der Waals surface area contributed by atoms with E-state index in [0.29, 0.717) is 18.9 Å². The molecule has 2 rings (SSSR count). The van der Waals surface area contributed by atoms with Crippen LogP contribution >= 0.6 is 0 Å². The molecular formula is C17H22N2O2. The first-order valence-corrected chi connectivity index (χ1v) is 7.10. The van der Waals surface area contributed by atoms with E-state index in [1.807, 2.05) is 42.5 Å². The normalized spacial score (nSPS) is 10.4. The van der Waals surface area contributed by atoms with Crippen molar-refractivity contribution in [2.75, 3.05) is 24.8 Å². The lowest BCUT2D eigenvalue weighted by Crippen LogP contribution is -2.02. The predicted octanol–water partition coefficient (Wildman–Crippen LogP) is 3.95. The van der Waals surface area contributed by atoms with Gasteiger partial charge < -0.3 is 20.5 Å². The van der Waals surface area contributed by atoms with Crippen molar-refractivity contribution in [1.29, 1.82) is 0 Å². The van der Waals surface area contributed by atoms with E-state index in [0.717, 1.165) is 29.1 Å². The van der Waals surface area contributed by atoms with E-state index in [-0.39, 0.29) is 0 Å². The van der Waals surface area contributed by atoms with Gasteiger partial charge in [0, 0.05) is 12.8 Å². The highest BCUT2D eigenvalue weighted by Gasteiger charge is 2.06. The van der Waals surface area contributed by atoms with Crippen molar-refractivity contribution in [2.24, 2.45) is 0 Å². The smallest absolute Gasteiger partial charge is 0.144 e. The third kappa shape index (κ3) is 4.13. The Bertz CT molecular complexity index is 585. The molecular weight excluding hydrogens is 264 g/mol. The van der Waals surface area contributed by atoms with Crippen LogP contribution in [-0.2, 0) is 11.3 Å². The van der Waals surface area contributed by atoms with Crippen molar-refractivity contribution in [1.82, 2.24) is 0 Å². The van der Waals surface area contributed by atoms with Crippen molar-refractivity contribution in [3.8, 4) is 5.75 Å². The first-order chi connectivity index (χ1) is 10.2. The molecule has 0 unspecified atom stereocenters. The van der Waals surface area contributed by atoms with Gasteiger partial charge in [-0.3, -0.25) is 0 Å². The highest BCUT2D eigenvalue weighted by molar-refractivity contribution is 5.77. The zero-order valence-electron chi connectivity index (χ0n) is 12.6. The minimum Gasteiger partial charge on any atom is -0.491 e. The number of rotatable bonds is 7. The number of hydrogen-bond donors (Lipinski definition) is 2. The summed E-state index contributed by atoms with van der Waals surface area (Å²) in [5.41, 5.74) is 9.72. The summed E-state index contributed by atoms with van der Waals surface area (Å²) in [7, 11) is 1.69. The van der Waals surface area contributed by atoms with Crippen LogP contribution in [0.2, 0.25) is 0 Å². The van der Waals surface area contributed by atoms with Crippen molar-refractivity contribution in [2.45, 2.75) is 20.0 Å². The van der Waals surface area contributed by atoms with Gasteiger partial charge in [0.05, 0.1) is 24.6 Å². The molecule has 0 saturated carbocycles. The third-order valence-electron chi connectivity index (χ3n) is 3.04. The van der Waals surface area contributed by atoms with E-state index in [4.69, 9.17) is 15.2 Å². The molecule has 0 aliphatic heterocycles. The molecule has 0 aliphatic carbocycles. The second-order valence-corrected chi connectivity index (χ2v) is 4.82. The molecule has 0 heterocycles. The molecule has 2 aromatic rings. The molecule has 0 fully saturated rings. The Morgan fingerprint density at radius 3 is 2.71 bits per heavy atom. The number of methoxy groups -OCH3 is 1. The zero-order valence-corrected chi connectivity index (χ0v) is 12.6. The molecule has 4 nitrogen and oxygen atoms in total. The number of benzene rings is 2. The Kier molecular flexibility index (Phi) is 5.46. The fraction of sp³-hybridized carbons (Fsp3) is 0.294. The second-order valence-electron chi connectivity index (χ2n) is 4.82. The Hall–Kier alpha value is -2.20. The fourth-order valence-corrected chi connectivity index (χ4v) is 2.05. The molecule has 3 N–H and O–H groups in total. The standard InChI is InChI=1S/C17H22N2O2/c1-3-10-21-16-9-5-8-15(17(16)18)19-14-7-4-6-13(11-14)12-20-2/h4-9,11,19H,3,10,12,18H2,1-2H3. The zero-order chi connectivity index (χ0) is 15.1. The van der Waals surface area contributed by atoms with Gasteiger partial charge in [0.1, 0.15) is 5.75 Å². The van der Waals surface area contributed by atoms with E-state index in [2.05, 4.69) is 12.2 Å². The van der Waals surface area contributed by atoms with Gasteiger partial charge in [-0.2, -0.15) is 0 Å². The minimum absolute atomic E-state index is 0.588. The summed E-state index contributed by atoms with van der Waals surface area (Å²) in [6.07, 6.45) is 0.955. The molecule has 0 aromatic heterocycles. The summed E-state index contributed by atoms with van der Waals surface area (Å²) in [5, 5.41) is 3.33. The van der Waals surface area contributed by atoms with Crippen LogP contribution in [0.3, 0.4) is 0 Å². The van der Waals surface area contributed by atoms with Gasteiger partial charge in [-0.1, -0.05) is 25.1 Å². The Morgan fingerprint density at radius 1 is 1.14 bits per heavy atom. The number of nitrogen functional groups attached to an aromatic ring is 1. The van der Waals surface area contributed by atoms with E-state index < -0.39 is 0 Å². The summed E-state index contributed by atoms with van der Waals surface area (Å²) in [5.74, 6) is 0.717. The van der Waals surface area contributed by atoms with Crippen LogP contribution in [0.1, 0.15) is 18.9 Å². The summed E-state index contributed by atoms with van der Waals surface area (Å²) < 4.78 is 10.8. The maximum Gasteiger partial charge on any atom is 0.144 e. The van der Waals surface area contributed by atoms with Crippen LogP contribution in [0.4, 0.5) is 17.1 Å². The maximum absolute atomic E-state index is 6.16. The fourth-order valence-electron chi connectivity index (χ4n) is 2.05. The molecule has 0 spiro atoms. The topological polar surface area (TPSA) is 56.5 Å². The number of ether oxygens (including phenoxy) is 2. The van der Waals surface area contributed by atoms with Gasteiger partial charge in [0.2, 0.25) is 0 Å². The van der Waals surface area contributed by atoms with E-state index >= 15 is 0 Å². The predicted molar refractivity (Wildman–Crippen MR) is 87.1 cm³/mol. The van der Waals surface area contributed by atoms with Crippen molar-refractivity contribution < 1.29 is 9.47 Å². The number of nitrogens with one attached hydrogen (secondary N) is 1. The monoisotopic (exact) mass is 286 g/mol. The highest BCUT2D eigenvalue weighted by atomic mass is 16.5. The third-order valence-corrected chi connectivity index (χ3v) is 3.04. The van der Waals surface area contributed by atoms with Gasteiger partial charge in [0.25, 0.3) is 0 Å². The summed E-state index contributed by atoms with van der Waals surface area (Å²) in [6.45, 7) is 3.32. The van der Waals surface area contributed by atoms with Crippen LogP contribution < -0.4 is 15.8 Å². The molecule has 4 heteroatoms. The lowest BCUT2D eigenvalue weighted by atomic mass is 10.2. The largest absolute Gasteiger partial charge is 0.491 e. The van der Waals surface area contributed by atoms with E-state index in [1.54, 1.807) is 7.11 Å². The molecule has 2 aromatic carbocycles. The lowest BCUT2D eigenvalue weighted by molar-refractivity contribution is 0.185. The first kappa shape index (κ1) is 15.2. The minimum atomic E-state index is 0.588. The van der Waals surface area contributed by atoms with E-state index in [1.165, 1.54) is 0 Å². The van der Waals surface area contributed by atoms with Crippen LogP contribution in [0.5, 0.6) is 5.75 Å². The average molecular weight is 286 g/mol. The van der Waals surface area contributed by atoms with Crippen molar-refractivity contribution in [3.05, 3.63) is 48.0 Å². The van der Waals surface area contributed by atoms with Gasteiger partial charge in [-0.15, -0.1) is 0 Å². The summed E-state index contributed by atoms with van der Waals surface area (Å²) in [6, 6.07) is 13.8. The molecule has 0 saturated heterocycles. The average Bonchev–Trinajstić information content (AvgIpc) is 2.49. The van der Waals surface area contributed by atoms with E-state index in [9.17, 15) is 0 Å². The number of nitrogens with two attached hydrogens (primary N) is 1. The Morgan fingerprint density at radius 2 is 1.95 bits per heavy atom. The molecule has 0 amide bonds. The highest BCUT2D eigenvalue weighted by Crippen LogP contribution is 2.31. The second kappa shape index (κ2) is 7.55. The van der Waals surface area contributed by atoms with Crippen LogP contribution in [0, 0.1) is 0 Å². The van der Waals surface area contributed by atoms with Crippen LogP contribution in [-0.4, -0.2) is 13.7 Å². The number of hydrogen-bond acceptors (Lipinski definition) is 4. The van der Waals surface area contributed by atoms with Gasteiger partial charge in [-0.25, -0.2) is 0 Å². The van der Waals surface area contributed by atoms with Crippen LogP contribution in [0.15, 0.2) is 42.5 Å². The van der Waals surface area contributed by atoms with Gasteiger partial charge >= 0.3 is 0 Å².